The van der Waals surface area contributed by atoms with Crippen molar-refractivity contribution in [2.45, 2.75) is 25.8 Å². The minimum atomic E-state index is -0.172. The fourth-order valence-electron chi connectivity index (χ4n) is 1.20. The van der Waals surface area contributed by atoms with E-state index in [0.29, 0.717) is 6.42 Å². The Bertz CT molecular complexity index is 354. The normalized spacial score (nSPS) is 11.5. The van der Waals surface area contributed by atoms with Crippen LogP contribution >= 0.6 is 0 Å². The molecule has 1 rings (SSSR count). The second kappa shape index (κ2) is 5.82. The van der Waals surface area contributed by atoms with Gasteiger partial charge < -0.3 is 5.32 Å². The molecule has 0 saturated heterocycles. The summed E-state index contributed by atoms with van der Waals surface area (Å²) in [5, 5.41) is 2.76. The molecule has 0 fully saturated rings. The van der Waals surface area contributed by atoms with Gasteiger partial charge in [0.25, 0.3) is 0 Å². The van der Waals surface area contributed by atoms with E-state index in [1.807, 2.05) is 13.0 Å². The summed E-state index contributed by atoms with van der Waals surface area (Å²) in [4.78, 5) is 15.4. The van der Waals surface area contributed by atoms with Crippen LogP contribution in [0.5, 0.6) is 0 Å². The van der Waals surface area contributed by atoms with Crippen LogP contribution in [-0.4, -0.2) is 16.9 Å². The summed E-state index contributed by atoms with van der Waals surface area (Å²) in [6.45, 7) is 1.94. The lowest BCUT2D eigenvalue weighted by Crippen LogP contribution is -2.34. The molecule has 0 bridgehead atoms. The first-order chi connectivity index (χ1) is 7.26. The maximum absolute atomic E-state index is 11.5. The number of hydrogen-bond donors (Lipinski definition) is 1. The molecular weight excluding hydrogens is 188 g/mol. The number of pyridine rings is 1. The molecule has 0 aromatic carbocycles. The van der Waals surface area contributed by atoms with Gasteiger partial charge in [-0.3, -0.25) is 9.78 Å². The number of amides is 1. The van der Waals surface area contributed by atoms with Gasteiger partial charge >= 0.3 is 0 Å². The molecule has 0 aliphatic rings. The number of rotatable bonds is 4. The number of aromatic nitrogens is 1. The lowest BCUT2D eigenvalue weighted by Gasteiger charge is -2.10. The number of carbonyl (C=O) groups excluding carboxylic acids is 1. The maximum Gasteiger partial charge on any atom is 0.225 e. The third-order valence-electron chi connectivity index (χ3n) is 2.03. The number of nitrogens with zero attached hydrogens (tertiary/aromatic N) is 1. The molecule has 0 aliphatic heterocycles. The van der Waals surface area contributed by atoms with Crippen LogP contribution in [-0.2, 0) is 11.2 Å². The third-order valence-corrected chi connectivity index (χ3v) is 2.03. The van der Waals surface area contributed by atoms with E-state index in [1.54, 1.807) is 18.5 Å². The van der Waals surface area contributed by atoms with Crippen molar-refractivity contribution in [3.63, 3.8) is 0 Å². The minimum Gasteiger partial charge on any atom is -0.342 e. The largest absolute Gasteiger partial charge is 0.342 e. The van der Waals surface area contributed by atoms with E-state index >= 15 is 0 Å². The highest BCUT2D eigenvalue weighted by Crippen LogP contribution is 1.97. The second-order valence-corrected chi connectivity index (χ2v) is 3.23. The van der Waals surface area contributed by atoms with Crippen LogP contribution in [0.2, 0.25) is 0 Å². The quantitative estimate of drug-likeness (QED) is 0.744. The molecule has 0 aliphatic carbocycles. The van der Waals surface area contributed by atoms with Crippen molar-refractivity contribution < 1.29 is 4.79 Å². The maximum atomic E-state index is 11.5. The van der Waals surface area contributed by atoms with Gasteiger partial charge in [-0.2, -0.15) is 0 Å². The highest BCUT2D eigenvalue weighted by Gasteiger charge is 2.07. The SMILES string of the molecule is C#CC(CC)NC(=O)Cc1cccnc1. The standard InChI is InChI=1S/C12H14N2O/c1-3-11(4-2)14-12(15)8-10-6-5-7-13-9-10/h1,5-7,9,11H,4,8H2,2H3,(H,14,15). The van der Waals surface area contributed by atoms with Gasteiger partial charge in [0.1, 0.15) is 0 Å². The zero-order valence-corrected chi connectivity index (χ0v) is 8.73. The Morgan fingerprint density at radius 2 is 2.53 bits per heavy atom. The van der Waals surface area contributed by atoms with Crippen molar-refractivity contribution in [3.8, 4) is 12.3 Å². The number of hydrogen-bond acceptors (Lipinski definition) is 2. The fourth-order valence-corrected chi connectivity index (χ4v) is 1.20. The van der Waals surface area contributed by atoms with Gasteiger partial charge in [0, 0.05) is 12.4 Å². The molecule has 1 aromatic rings. The lowest BCUT2D eigenvalue weighted by molar-refractivity contribution is -0.120. The van der Waals surface area contributed by atoms with E-state index in [-0.39, 0.29) is 11.9 Å². The average molecular weight is 202 g/mol. The summed E-state index contributed by atoms with van der Waals surface area (Å²) in [5.41, 5.74) is 0.891. The summed E-state index contributed by atoms with van der Waals surface area (Å²) < 4.78 is 0. The Morgan fingerprint density at radius 1 is 1.73 bits per heavy atom. The van der Waals surface area contributed by atoms with Crippen molar-refractivity contribution in [2.75, 3.05) is 0 Å². The Hall–Kier alpha value is -1.82. The summed E-state index contributed by atoms with van der Waals surface area (Å²) in [6.07, 6.45) is 9.67. The van der Waals surface area contributed by atoms with Gasteiger partial charge in [-0.15, -0.1) is 6.42 Å². The van der Waals surface area contributed by atoms with E-state index in [2.05, 4.69) is 16.2 Å². The van der Waals surface area contributed by atoms with Crippen molar-refractivity contribution in [3.05, 3.63) is 30.1 Å². The van der Waals surface area contributed by atoms with Crippen LogP contribution in [0, 0.1) is 12.3 Å². The van der Waals surface area contributed by atoms with Crippen LogP contribution < -0.4 is 5.32 Å². The summed E-state index contributed by atoms with van der Waals surface area (Å²) >= 11 is 0. The van der Waals surface area contributed by atoms with Crippen LogP contribution in [0.25, 0.3) is 0 Å². The monoisotopic (exact) mass is 202 g/mol. The first-order valence-corrected chi connectivity index (χ1v) is 4.90. The Morgan fingerprint density at radius 3 is 3.07 bits per heavy atom. The fraction of sp³-hybridized carbons (Fsp3) is 0.333. The predicted octanol–water partition coefficient (Wildman–Crippen LogP) is 1.15. The Kier molecular flexibility index (Phi) is 4.36. The molecule has 3 nitrogen and oxygen atoms in total. The predicted molar refractivity (Wildman–Crippen MR) is 59.0 cm³/mol. The molecule has 3 heteroatoms. The van der Waals surface area contributed by atoms with E-state index < -0.39 is 0 Å². The van der Waals surface area contributed by atoms with E-state index in [9.17, 15) is 4.79 Å². The summed E-state index contributed by atoms with van der Waals surface area (Å²) in [7, 11) is 0. The van der Waals surface area contributed by atoms with Gasteiger partial charge in [-0.1, -0.05) is 18.9 Å². The van der Waals surface area contributed by atoms with Crippen LogP contribution in [0.15, 0.2) is 24.5 Å². The van der Waals surface area contributed by atoms with Gasteiger partial charge in [0.05, 0.1) is 12.5 Å². The van der Waals surface area contributed by atoms with Crippen LogP contribution in [0.3, 0.4) is 0 Å². The molecule has 0 radical (unpaired) electrons. The van der Waals surface area contributed by atoms with Gasteiger partial charge in [0.2, 0.25) is 5.91 Å². The summed E-state index contributed by atoms with van der Waals surface area (Å²) in [6, 6.07) is 3.50. The first-order valence-electron chi connectivity index (χ1n) is 4.90. The zero-order valence-electron chi connectivity index (χ0n) is 8.73. The smallest absolute Gasteiger partial charge is 0.225 e. The molecule has 15 heavy (non-hydrogen) atoms. The third kappa shape index (κ3) is 3.82. The number of nitrogens with one attached hydrogen (secondary N) is 1. The highest BCUT2D eigenvalue weighted by atomic mass is 16.1. The van der Waals surface area contributed by atoms with Gasteiger partial charge in [0.15, 0.2) is 0 Å². The lowest BCUT2D eigenvalue weighted by atomic mass is 10.2. The van der Waals surface area contributed by atoms with E-state index in [1.165, 1.54) is 0 Å². The minimum absolute atomic E-state index is 0.0622. The zero-order chi connectivity index (χ0) is 11.1. The molecule has 78 valence electrons. The van der Waals surface area contributed by atoms with E-state index in [4.69, 9.17) is 6.42 Å². The summed E-state index contributed by atoms with van der Waals surface area (Å²) in [5.74, 6) is 2.46. The number of terminal acetylenes is 1. The van der Waals surface area contributed by atoms with Crippen molar-refractivity contribution in [1.29, 1.82) is 0 Å². The van der Waals surface area contributed by atoms with Gasteiger partial charge in [-0.05, 0) is 18.1 Å². The average Bonchev–Trinajstić information content (AvgIpc) is 2.27. The highest BCUT2D eigenvalue weighted by molar-refractivity contribution is 5.79. The molecule has 1 amide bonds. The van der Waals surface area contributed by atoms with Crippen molar-refractivity contribution in [1.82, 2.24) is 10.3 Å². The van der Waals surface area contributed by atoms with Crippen molar-refractivity contribution >= 4 is 5.91 Å². The van der Waals surface area contributed by atoms with E-state index in [0.717, 1.165) is 12.0 Å². The Labute approximate surface area is 89.9 Å². The number of carbonyl (C=O) groups is 1. The molecule has 1 unspecified atom stereocenters. The molecule has 1 N–H and O–H groups in total. The second-order valence-electron chi connectivity index (χ2n) is 3.23. The van der Waals surface area contributed by atoms with Crippen molar-refractivity contribution in [2.24, 2.45) is 0 Å². The molecule has 1 aromatic heterocycles. The topological polar surface area (TPSA) is 42.0 Å². The van der Waals surface area contributed by atoms with Gasteiger partial charge in [-0.25, -0.2) is 0 Å². The van der Waals surface area contributed by atoms with Crippen LogP contribution in [0.4, 0.5) is 0 Å². The first kappa shape index (κ1) is 11.3. The molecule has 0 spiro atoms. The van der Waals surface area contributed by atoms with Crippen LogP contribution in [0.1, 0.15) is 18.9 Å². The molecule has 1 heterocycles. The molecular formula is C12H14N2O. The Balaban J connectivity index is 2.47. The molecule has 0 saturated carbocycles. The molecule has 1 atom stereocenters.